The van der Waals surface area contributed by atoms with Gasteiger partial charge < -0.3 is 28.8 Å². The molecule has 0 aliphatic heterocycles. The molecule has 172 valence electrons. The zero-order valence-electron chi connectivity index (χ0n) is 19.0. The lowest BCUT2D eigenvalue weighted by Gasteiger charge is -2.31. The van der Waals surface area contributed by atoms with Crippen LogP contribution in [0.1, 0.15) is 11.4 Å². The van der Waals surface area contributed by atoms with Gasteiger partial charge in [-0.2, -0.15) is 0 Å². The molecule has 0 radical (unpaired) electrons. The van der Waals surface area contributed by atoms with Crippen LogP contribution < -0.4 is 0 Å². The molecule has 3 N–H and O–H groups in total. The molecule has 0 aliphatic rings. The minimum atomic E-state index is -0.852. The van der Waals surface area contributed by atoms with Gasteiger partial charge in [0.25, 0.3) is 0 Å². The van der Waals surface area contributed by atoms with Crippen LogP contribution in [-0.2, 0) is 27.2 Å². The number of hydrogen-bond acceptors (Lipinski definition) is 7. The summed E-state index contributed by atoms with van der Waals surface area (Å²) in [5.41, 5.74) is 1.61. The summed E-state index contributed by atoms with van der Waals surface area (Å²) in [5.74, 6) is -1.13. The van der Waals surface area contributed by atoms with Crippen LogP contribution in [0.3, 0.4) is 0 Å². The van der Waals surface area contributed by atoms with Gasteiger partial charge in [0.15, 0.2) is 12.1 Å². The highest BCUT2D eigenvalue weighted by molar-refractivity contribution is 8.76. The number of aliphatic carboxylic acids is 1. The lowest BCUT2D eigenvalue weighted by molar-refractivity contribution is -0.887. The zero-order chi connectivity index (χ0) is 23.4. The lowest BCUT2D eigenvalue weighted by atomic mass is 10.1. The van der Waals surface area contributed by atoms with Gasteiger partial charge in [-0.15, -0.1) is 0 Å². The summed E-state index contributed by atoms with van der Waals surface area (Å²) >= 11 is 0. The van der Waals surface area contributed by atoms with E-state index in [0.717, 1.165) is 21.4 Å². The summed E-state index contributed by atoms with van der Waals surface area (Å²) < 4.78 is 5.71. The van der Waals surface area contributed by atoms with E-state index in [2.05, 4.69) is 19.9 Å². The van der Waals surface area contributed by atoms with Gasteiger partial charge in [-0.05, 0) is 21.6 Å². The minimum Gasteiger partial charge on any atom is -0.477 e. The molecule has 12 heteroatoms. The molecule has 0 saturated carbocycles. The quantitative estimate of drug-likeness (QED) is 0.255. The highest BCUT2D eigenvalue weighted by Crippen LogP contribution is 2.39. The average molecular weight is 473 g/mol. The van der Waals surface area contributed by atoms with E-state index >= 15 is 0 Å². The number of hydrogen-bond donors (Lipinski definition) is 3. The Balaban J connectivity index is 2.13. The van der Waals surface area contributed by atoms with Crippen molar-refractivity contribution in [3.8, 4) is 0 Å². The van der Waals surface area contributed by atoms with Crippen LogP contribution in [0.15, 0.2) is 22.7 Å². The Kier molecular flexibility index (Phi) is 8.20. The number of carboxylic acids is 1. The van der Waals surface area contributed by atoms with E-state index < -0.39 is 12.0 Å². The van der Waals surface area contributed by atoms with Crippen molar-refractivity contribution in [2.24, 2.45) is 0 Å². The van der Waals surface area contributed by atoms with E-state index in [9.17, 15) is 14.7 Å². The number of aromatic amines is 2. The number of likely N-dealkylation sites (N-methyl/N-ethyl adjacent to an activating group) is 2. The largest absolute Gasteiger partial charge is 0.477 e. The first-order valence-electron chi connectivity index (χ1n) is 9.66. The van der Waals surface area contributed by atoms with Crippen molar-refractivity contribution < 1.29 is 28.4 Å². The molecule has 2 atom stereocenters. The van der Waals surface area contributed by atoms with Gasteiger partial charge in [0.1, 0.15) is 10.1 Å². The number of ether oxygens (including phenoxy) is 1. The molecular formula is C19H32N6O4S2+2. The maximum absolute atomic E-state index is 12.3. The first-order chi connectivity index (χ1) is 14.3. The molecule has 0 aromatic carbocycles. The first kappa shape index (κ1) is 25.2. The molecule has 0 fully saturated rings. The highest BCUT2D eigenvalue weighted by Gasteiger charge is 2.35. The number of carbonyl (C=O) groups excluding carboxylic acids is 1. The standard InChI is InChI=1S/C19H30N6O4S2/c1-24(2,3)14(18(26)27)8-12-16(22-10-20-12)30-31-17-13(21-11-23-17)9-15(19(28)29-7)25(4,5)6/h10-11,14-15H,8-9H2,1-7H3,(H-2,20,21,22,23,26,27)/p+2. The van der Waals surface area contributed by atoms with E-state index in [-0.39, 0.29) is 12.0 Å². The van der Waals surface area contributed by atoms with Crippen molar-refractivity contribution in [1.29, 1.82) is 0 Å². The summed E-state index contributed by atoms with van der Waals surface area (Å²) in [6.45, 7) is 0. The first-order valence-corrected chi connectivity index (χ1v) is 11.8. The molecule has 0 bridgehead atoms. The van der Waals surface area contributed by atoms with Crippen LogP contribution >= 0.6 is 21.6 Å². The van der Waals surface area contributed by atoms with Crippen molar-refractivity contribution >= 4 is 33.5 Å². The molecule has 10 nitrogen and oxygen atoms in total. The Labute approximate surface area is 190 Å². The molecule has 2 heterocycles. The number of quaternary nitrogens is 2. The number of carbonyl (C=O) groups is 2. The number of carboxylic acid groups (broad SMARTS) is 1. The summed E-state index contributed by atoms with van der Waals surface area (Å²) in [7, 11) is 15.6. The Hall–Kier alpha value is -2.02. The molecule has 0 aliphatic carbocycles. The number of nitrogens with one attached hydrogen (secondary N) is 2. The van der Waals surface area contributed by atoms with Crippen LogP contribution in [0, 0.1) is 0 Å². The SMILES string of the molecule is COC(=O)C(Cc1[nH]cnc1SSc1nc[nH]c1CC(C(=O)O)[N+](C)(C)C)[N+](C)(C)C. The third kappa shape index (κ3) is 6.73. The molecule has 31 heavy (non-hydrogen) atoms. The second kappa shape index (κ2) is 10.1. The second-order valence-electron chi connectivity index (χ2n) is 9.07. The third-order valence-electron chi connectivity index (χ3n) is 4.98. The van der Waals surface area contributed by atoms with Gasteiger partial charge in [-0.1, -0.05) is 0 Å². The third-order valence-corrected chi connectivity index (χ3v) is 7.28. The van der Waals surface area contributed by atoms with Crippen molar-refractivity contribution in [3.63, 3.8) is 0 Å². The van der Waals surface area contributed by atoms with Crippen molar-refractivity contribution in [2.75, 3.05) is 49.4 Å². The number of methoxy groups -OCH3 is 1. The van der Waals surface area contributed by atoms with E-state index in [1.54, 1.807) is 12.7 Å². The number of rotatable bonds is 11. The van der Waals surface area contributed by atoms with E-state index in [1.807, 2.05) is 42.3 Å². The van der Waals surface area contributed by atoms with Crippen molar-refractivity contribution in [3.05, 3.63) is 24.0 Å². The van der Waals surface area contributed by atoms with Crippen LogP contribution in [-0.4, -0.2) is 107 Å². The molecule has 2 unspecified atom stereocenters. The van der Waals surface area contributed by atoms with Gasteiger partial charge in [-0.25, -0.2) is 19.6 Å². The number of aromatic nitrogens is 4. The van der Waals surface area contributed by atoms with Crippen LogP contribution in [0.25, 0.3) is 0 Å². The number of nitrogens with zero attached hydrogens (tertiary/aromatic N) is 4. The number of H-pyrrole nitrogens is 2. The fraction of sp³-hybridized carbons (Fsp3) is 0.579. The fourth-order valence-corrected chi connectivity index (χ4v) is 5.19. The second-order valence-corrected chi connectivity index (χ2v) is 11.2. The van der Waals surface area contributed by atoms with Gasteiger partial charge in [-0.3, -0.25) is 0 Å². The maximum Gasteiger partial charge on any atom is 0.365 e. The predicted molar refractivity (Wildman–Crippen MR) is 120 cm³/mol. The van der Waals surface area contributed by atoms with Crippen LogP contribution in [0.5, 0.6) is 0 Å². The van der Waals surface area contributed by atoms with Gasteiger partial charge in [0.2, 0.25) is 0 Å². The van der Waals surface area contributed by atoms with Crippen molar-refractivity contribution in [2.45, 2.75) is 35.0 Å². The molecule has 2 aromatic heterocycles. The highest BCUT2D eigenvalue weighted by atomic mass is 33.1. The molecule has 2 rings (SSSR count). The topological polar surface area (TPSA) is 121 Å². The smallest absolute Gasteiger partial charge is 0.365 e. The van der Waals surface area contributed by atoms with Crippen molar-refractivity contribution in [1.82, 2.24) is 19.9 Å². The Morgan fingerprint density at radius 1 is 0.935 bits per heavy atom. The van der Waals surface area contributed by atoms with E-state index in [1.165, 1.54) is 28.7 Å². The summed E-state index contributed by atoms with van der Waals surface area (Å²) in [5, 5.41) is 11.1. The Morgan fingerprint density at radius 2 is 1.35 bits per heavy atom. The van der Waals surface area contributed by atoms with Gasteiger partial charge in [0, 0.05) is 0 Å². The molecule has 0 saturated heterocycles. The number of esters is 1. The van der Waals surface area contributed by atoms with Crippen LogP contribution in [0.2, 0.25) is 0 Å². The average Bonchev–Trinajstić information content (AvgIpc) is 3.28. The minimum absolute atomic E-state index is 0.277. The van der Waals surface area contributed by atoms with E-state index in [0.29, 0.717) is 21.8 Å². The zero-order valence-corrected chi connectivity index (χ0v) is 20.6. The normalized spacial score (nSPS) is 14.3. The Morgan fingerprint density at radius 3 is 1.71 bits per heavy atom. The molecular weight excluding hydrogens is 440 g/mol. The van der Waals surface area contributed by atoms with Gasteiger partial charge in [0.05, 0.1) is 86.3 Å². The summed E-state index contributed by atoms with van der Waals surface area (Å²) in [6.07, 6.45) is 3.96. The summed E-state index contributed by atoms with van der Waals surface area (Å²) in [6, 6.07) is -0.979. The molecule has 0 spiro atoms. The molecule has 0 amide bonds. The molecule has 2 aromatic rings. The number of imidazole rings is 2. The Bertz CT molecular complexity index is 900. The van der Waals surface area contributed by atoms with Crippen LogP contribution in [0.4, 0.5) is 0 Å². The lowest BCUT2D eigenvalue weighted by Crippen LogP contribution is -2.51. The maximum atomic E-state index is 12.3. The van der Waals surface area contributed by atoms with Gasteiger partial charge >= 0.3 is 11.9 Å². The predicted octanol–water partition coefficient (Wildman–Crippen LogP) is 1.42. The fourth-order valence-electron chi connectivity index (χ4n) is 3.02. The monoisotopic (exact) mass is 472 g/mol. The van der Waals surface area contributed by atoms with E-state index in [4.69, 9.17) is 4.74 Å². The summed E-state index contributed by atoms with van der Waals surface area (Å²) in [4.78, 5) is 38.9.